The van der Waals surface area contributed by atoms with Gasteiger partial charge in [-0.2, -0.15) is 0 Å². The number of ether oxygens (including phenoxy) is 2. The molecule has 2 aliphatic rings. The molecule has 0 radical (unpaired) electrons. The number of rotatable bonds is 7. The van der Waals surface area contributed by atoms with Crippen molar-refractivity contribution in [3.05, 3.63) is 75.8 Å². The van der Waals surface area contributed by atoms with Crippen molar-refractivity contribution in [2.45, 2.75) is 13.3 Å². The van der Waals surface area contributed by atoms with E-state index in [2.05, 4.69) is 41.1 Å². The fourth-order valence-corrected chi connectivity index (χ4v) is 6.09. The third kappa shape index (κ3) is 4.38. The molecule has 4 aromatic rings. The second kappa shape index (κ2) is 9.06. The molecule has 0 atom stereocenters. The van der Waals surface area contributed by atoms with Crippen molar-refractivity contribution in [3.8, 4) is 21.9 Å². The van der Waals surface area contributed by atoms with Crippen LogP contribution in [0.3, 0.4) is 0 Å². The van der Waals surface area contributed by atoms with E-state index in [1.54, 1.807) is 12.4 Å². The van der Waals surface area contributed by atoms with Gasteiger partial charge in [0.2, 0.25) is 0 Å². The topological polar surface area (TPSA) is 56.6 Å². The first kappa shape index (κ1) is 22.7. The van der Waals surface area contributed by atoms with Gasteiger partial charge in [-0.25, -0.2) is 4.98 Å². The van der Waals surface area contributed by atoms with Gasteiger partial charge in [0.1, 0.15) is 16.8 Å². The SMILES string of the molecule is Cc1ccc(-c2cc3ncn(-c4ccc(OCCCN5CC6(COC6)C5)c(Cl)c4)c(=O)c3s2)cc1. The molecule has 6 rings (SSSR count). The lowest BCUT2D eigenvalue weighted by atomic mass is 9.78. The Labute approximate surface area is 212 Å². The van der Waals surface area contributed by atoms with Gasteiger partial charge in [-0.05, 0) is 43.2 Å². The fourth-order valence-electron chi connectivity index (χ4n) is 4.82. The molecule has 35 heavy (non-hydrogen) atoms. The summed E-state index contributed by atoms with van der Waals surface area (Å²) in [6, 6.07) is 15.7. The minimum atomic E-state index is -0.104. The van der Waals surface area contributed by atoms with Crippen LogP contribution in [0.4, 0.5) is 0 Å². The molecule has 8 heteroatoms. The van der Waals surface area contributed by atoms with Crippen LogP contribution < -0.4 is 10.3 Å². The average Bonchev–Trinajstić information content (AvgIpc) is 3.23. The lowest BCUT2D eigenvalue weighted by Crippen LogP contribution is -2.65. The molecule has 2 fully saturated rings. The molecule has 0 bridgehead atoms. The molecule has 2 aliphatic heterocycles. The van der Waals surface area contributed by atoms with Crippen molar-refractivity contribution < 1.29 is 9.47 Å². The summed E-state index contributed by atoms with van der Waals surface area (Å²) >= 11 is 7.97. The van der Waals surface area contributed by atoms with E-state index < -0.39 is 0 Å². The van der Waals surface area contributed by atoms with Gasteiger partial charge in [-0.3, -0.25) is 9.36 Å². The van der Waals surface area contributed by atoms with Crippen LogP contribution in [-0.4, -0.2) is 53.9 Å². The maximum Gasteiger partial charge on any atom is 0.275 e. The van der Waals surface area contributed by atoms with E-state index in [1.807, 2.05) is 18.2 Å². The van der Waals surface area contributed by atoms with Gasteiger partial charge < -0.3 is 14.4 Å². The van der Waals surface area contributed by atoms with E-state index in [9.17, 15) is 4.79 Å². The number of likely N-dealkylation sites (tertiary alicyclic amines) is 1. The summed E-state index contributed by atoms with van der Waals surface area (Å²) in [7, 11) is 0. The van der Waals surface area contributed by atoms with E-state index in [-0.39, 0.29) is 5.56 Å². The highest BCUT2D eigenvalue weighted by molar-refractivity contribution is 7.22. The summed E-state index contributed by atoms with van der Waals surface area (Å²) in [4.78, 5) is 21.3. The molecule has 0 unspecified atom stereocenters. The van der Waals surface area contributed by atoms with Crippen LogP contribution >= 0.6 is 22.9 Å². The standard InChI is InChI=1S/C27H26ClN3O3S/c1-18-3-5-19(6-4-18)24-12-22-25(35-24)26(32)31(17-29-22)20-7-8-23(21(28)11-20)34-10-2-9-30-13-27(14-30)15-33-16-27/h3-8,11-12,17H,2,9-10,13-16H2,1H3. The highest BCUT2D eigenvalue weighted by Crippen LogP contribution is 2.37. The van der Waals surface area contributed by atoms with Crippen LogP contribution in [0.1, 0.15) is 12.0 Å². The summed E-state index contributed by atoms with van der Waals surface area (Å²) in [6.07, 6.45) is 2.51. The minimum absolute atomic E-state index is 0.104. The zero-order valence-electron chi connectivity index (χ0n) is 19.5. The third-order valence-corrected chi connectivity index (χ3v) is 8.24. The van der Waals surface area contributed by atoms with Gasteiger partial charge in [0.15, 0.2) is 0 Å². The minimum Gasteiger partial charge on any atom is -0.492 e. The summed E-state index contributed by atoms with van der Waals surface area (Å²) in [6.45, 7) is 7.76. The molecule has 0 aliphatic carbocycles. The molecular weight excluding hydrogens is 482 g/mol. The Morgan fingerprint density at radius 2 is 1.94 bits per heavy atom. The predicted octanol–water partition coefficient (Wildman–Crippen LogP) is 5.18. The van der Waals surface area contributed by atoms with Crippen LogP contribution in [0, 0.1) is 12.3 Å². The number of aromatic nitrogens is 2. The summed E-state index contributed by atoms with van der Waals surface area (Å²) in [5.41, 5.74) is 4.00. The maximum atomic E-state index is 13.3. The van der Waals surface area contributed by atoms with Crippen molar-refractivity contribution in [3.63, 3.8) is 0 Å². The molecule has 2 aromatic heterocycles. The number of aryl methyl sites for hydroxylation is 1. The Morgan fingerprint density at radius 1 is 1.14 bits per heavy atom. The summed E-state index contributed by atoms with van der Waals surface area (Å²) in [5.74, 6) is 0.628. The first-order valence-electron chi connectivity index (χ1n) is 11.8. The van der Waals surface area contributed by atoms with Gasteiger partial charge >= 0.3 is 0 Å². The van der Waals surface area contributed by atoms with E-state index >= 15 is 0 Å². The highest BCUT2D eigenvalue weighted by Gasteiger charge is 2.48. The first-order valence-corrected chi connectivity index (χ1v) is 13.0. The molecular formula is C27H26ClN3O3S. The van der Waals surface area contributed by atoms with Crippen molar-refractivity contribution in [1.82, 2.24) is 14.5 Å². The Bertz CT molecular complexity index is 1430. The van der Waals surface area contributed by atoms with Gasteiger partial charge in [0.05, 0.1) is 36.0 Å². The van der Waals surface area contributed by atoms with E-state index in [4.69, 9.17) is 21.1 Å². The van der Waals surface area contributed by atoms with Crippen molar-refractivity contribution in [2.24, 2.45) is 5.41 Å². The molecule has 0 amide bonds. The zero-order chi connectivity index (χ0) is 24.0. The summed E-state index contributed by atoms with van der Waals surface area (Å²) < 4.78 is 13.4. The van der Waals surface area contributed by atoms with Crippen LogP contribution in [0.15, 0.2) is 59.7 Å². The number of hydrogen-bond acceptors (Lipinski definition) is 6. The fraction of sp³-hybridized carbons (Fsp3) is 0.333. The molecule has 1 spiro atoms. The number of nitrogens with zero attached hydrogens (tertiary/aromatic N) is 3. The smallest absolute Gasteiger partial charge is 0.275 e. The lowest BCUT2D eigenvalue weighted by molar-refractivity contribution is -0.189. The third-order valence-electron chi connectivity index (χ3n) is 6.78. The molecule has 4 heterocycles. The van der Waals surface area contributed by atoms with Gasteiger partial charge in [-0.15, -0.1) is 11.3 Å². The largest absolute Gasteiger partial charge is 0.492 e. The average molecular weight is 508 g/mol. The number of thiophene rings is 1. The molecule has 180 valence electrons. The van der Waals surface area contributed by atoms with Crippen molar-refractivity contribution >= 4 is 33.2 Å². The van der Waals surface area contributed by atoms with Gasteiger partial charge in [0.25, 0.3) is 5.56 Å². The number of benzene rings is 2. The van der Waals surface area contributed by atoms with Gasteiger partial charge in [0, 0.05) is 29.9 Å². The first-order chi connectivity index (χ1) is 17.0. The second-order valence-electron chi connectivity index (χ2n) is 9.63. The van der Waals surface area contributed by atoms with Crippen molar-refractivity contribution in [2.75, 3.05) is 39.5 Å². The van der Waals surface area contributed by atoms with E-state index in [0.29, 0.717) is 38.7 Å². The molecule has 0 N–H and O–H groups in total. The molecule has 6 nitrogen and oxygen atoms in total. The van der Waals surface area contributed by atoms with Crippen LogP contribution in [0.5, 0.6) is 5.75 Å². The van der Waals surface area contributed by atoms with Crippen LogP contribution in [0.2, 0.25) is 5.02 Å². The van der Waals surface area contributed by atoms with E-state index in [1.165, 1.54) is 21.5 Å². The normalized spacial score (nSPS) is 16.9. The van der Waals surface area contributed by atoms with Crippen LogP contribution in [0.25, 0.3) is 26.3 Å². The molecule has 2 saturated heterocycles. The summed E-state index contributed by atoms with van der Waals surface area (Å²) in [5, 5.41) is 0.482. The van der Waals surface area contributed by atoms with Crippen molar-refractivity contribution in [1.29, 1.82) is 0 Å². The van der Waals surface area contributed by atoms with E-state index in [0.717, 1.165) is 49.7 Å². The predicted molar refractivity (Wildman–Crippen MR) is 140 cm³/mol. The Morgan fingerprint density at radius 3 is 2.66 bits per heavy atom. The Kier molecular flexibility index (Phi) is 5.89. The van der Waals surface area contributed by atoms with Crippen LogP contribution in [-0.2, 0) is 4.74 Å². The molecule has 0 saturated carbocycles. The lowest BCUT2D eigenvalue weighted by Gasteiger charge is -2.55. The zero-order valence-corrected chi connectivity index (χ0v) is 21.1. The Hall–Kier alpha value is -2.71. The second-order valence-corrected chi connectivity index (χ2v) is 11.1. The Balaban J connectivity index is 1.13. The number of halogens is 1. The highest BCUT2D eigenvalue weighted by atomic mass is 35.5. The maximum absolute atomic E-state index is 13.3. The molecule has 2 aromatic carbocycles. The number of fused-ring (bicyclic) bond motifs is 1. The monoisotopic (exact) mass is 507 g/mol. The number of hydrogen-bond donors (Lipinski definition) is 0. The van der Waals surface area contributed by atoms with Gasteiger partial charge in [-0.1, -0.05) is 41.4 Å². The quantitative estimate of drug-likeness (QED) is 0.323.